The van der Waals surface area contributed by atoms with Gasteiger partial charge in [-0.05, 0) is 36.8 Å². The first-order chi connectivity index (χ1) is 16.9. The van der Waals surface area contributed by atoms with Gasteiger partial charge in [0, 0.05) is 32.5 Å². The Hall–Kier alpha value is -2.19. The van der Waals surface area contributed by atoms with Crippen LogP contribution in [0.15, 0.2) is 41.3 Å². The summed E-state index contributed by atoms with van der Waals surface area (Å²) < 4.78 is 26.0. The summed E-state index contributed by atoms with van der Waals surface area (Å²) in [6.45, 7) is 17.8. The number of carbonyl (C=O) groups is 2. The van der Waals surface area contributed by atoms with E-state index in [1.54, 1.807) is 13.1 Å². The number of rotatable bonds is 11. The molecule has 0 saturated carbocycles. The van der Waals surface area contributed by atoms with Crippen molar-refractivity contribution in [1.82, 2.24) is 14.5 Å². The quantitative estimate of drug-likeness (QED) is 0.428. The van der Waals surface area contributed by atoms with Gasteiger partial charge < -0.3 is 10.2 Å². The van der Waals surface area contributed by atoms with Crippen LogP contribution in [-0.4, -0.2) is 63.2 Å². The lowest BCUT2D eigenvalue weighted by atomic mass is 9.71. The summed E-state index contributed by atoms with van der Waals surface area (Å²) in [5, 5.41) is 2.81. The molecule has 0 unspecified atom stereocenters. The number of hydrogen-bond donors (Lipinski definition) is 1. The molecule has 2 amide bonds. The lowest BCUT2D eigenvalue weighted by Crippen LogP contribution is -2.48. The van der Waals surface area contributed by atoms with Gasteiger partial charge in [0.15, 0.2) is 0 Å². The number of nitrogens with zero attached hydrogens (tertiary/aromatic N) is 2. The summed E-state index contributed by atoms with van der Waals surface area (Å²) in [7, 11) is 1.02. The van der Waals surface area contributed by atoms with Crippen LogP contribution in [0, 0.1) is 17.8 Å². The number of benzene rings is 1. The van der Waals surface area contributed by atoms with Gasteiger partial charge in [-0.25, -0.2) is 12.7 Å². The predicted octanol–water partition coefficient (Wildman–Crippen LogP) is 5.05. The van der Waals surface area contributed by atoms with Crippen molar-refractivity contribution in [2.75, 3.05) is 27.7 Å². The smallest absolute Gasteiger partial charge is 0.242 e. The molecule has 0 fully saturated rings. The number of nitrogens with one attached hydrogen (secondary N) is 1. The molecule has 37 heavy (non-hydrogen) atoms. The van der Waals surface area contributed by atoms with E-state index in [9.17, 15) is 18.0 Å². The molecule has 1 aromatic carbocycles. The van der Waals surface area contributed by atoms with Crippen LogP contribution in [0.1, 0.15) is 74.3 Å². The Labute approximate surface area is 226 Å². The largest absolute Gasteiger partial charge is 0.347 e. The molecule has 1 aromatic rings. The van der Waals surface area contributed by atoms with Crippen LogP contribution in [0.2, 0.25) is 0 Å². The zero-order chi connectivity index (χ0) is 29.1. The van der Waals surface area contributed by atoms with E-state index < -0.39 is 21.5 Å². The average Bonchev–Trinajstić information content (AvgIpc) is 2.80. The summed E-state index contributed by atoms with van der Waals surface area (Å²) >= 11 is 0. The molecule has 2 atom stereocenters. The zero-order valence-electron chi connectivity index (χ0n) is 25.1. The van der Waals surface area contributed by atoms with E-state index >= 15 is 0 Å². The maximum atomic E-state index is 13.0. The first-order valence-electron chi connectivity index (χ1n) is 13.1. The molecule has 8 heteroatoms. The number of likely N-dealkylation sites (N-methyl/N-ethyl adjacent to an activating group) is 1. The molecule has 0 aliphatic heterocycles. The monoisotopic (exact) mass is 537 g/mol. The van der Waals surface area contributed by atoms with Gasteiger partial charge in [-0.2, -0.15) is 0 Å². The van der Waals surface area contributed by atoms with E-state index in [0.717, 1.165) is 15.8 Å². The molecule has 0 spiro atoms. The highest BCUT2D eigenvalue weighted by molar-refractivity contribution is 7.92. The third-order valence-corrected chi connectivity index (χ3v) is 8.26. The topological polar surface area (TPSA) is 86.8 Å². The van der Waals surface area contributed by atoms with Crippen LogP contribution >= 0.6 is 0 Å². The maximum Gasteiger partial charge on any atom is 0.242 e. The summed E-state index contributed by atoms with van der Waals surface area (Å²) in [4.78, 5) is 27.6. The average molecular weight is 538 g/mol. The van der Waals surface area contributed by atoms with E-state index in [2.05, 4.69) is 26.1 Å². The fraction of sp³-hybridized carbons (Fsp3) is 0.655. The van der Waals surface area contributed by atoms with Crippen molar-refractivity contribution in [3.05, 3.63) is 46.9 Å². The van der Waals surface area contributed by atoms with Crippen LogP contribution in [0.5, 0.6) is 0 Å². The van der Waals surface area contributed by atoms with Gasteiger partial charge in [-0.3, -0.25) is 9.59 Å². The fourth-order valence-corrected chi connectivity index (χ4v) is 4.92. The number of amides is 2. The molecule has 212 valence electrons. The minimum absolute atomic E-state index is 0.0117. The van der Waals surface area contributed by atoms with Gasteiger partial charge in [0.05, 0.1) is 17.5 Å². The van der Waals surface area contributed by atoms with E-state index in [-0.39, 0.29) is 35.1 Å². The van der Waals surface area contributed by atoms with Crippen LogP contribution in [-0.2, 0) is 25.0 Å². The second kappa shape index (κ2) is 15.3. The Balaban J connectivity index is 0.00000300. The van der Waals surface area contributed by atoms with Gasteiger partial charge in [0.25, 0.3) is 0 Å². The Morgan fingerprint density at radius 3 is 1.89 bits per heavy atom. The van der Waals surface area contributed by atoms with Gasteiger partial charge in [0.2, 0.25) is 21.8 Å². The van der Waals surface area contributed by atoms with Gasteiger partial charge in [-0.1, -0.05) is 85.7 Å². The molecule has 1 N–H and O–H groups in total. The van der Waals surface area contributed by atoms with Crippen LogP contribution in [0.3, 0.4) is 0 Å². The van der Waals surface area contributed by atoms with Gasteiger partial charge >= 0.3 is 0 Å². The molecule has 0 bridgehead atoms. The Morgan fingerprint density at radius 2 is 1.49 bits per heavy atom. The van der Waals surface area contributed by atoms with Crippen LogP contribution in [0.4, 0.5) is 0 Å². The highest BCUT2D eigenvalue weighted by Crippen LogP contribution is 2.33. The number of hydrogen-bond acceptors (Lipinski definition) is 4. The van der Waals surface area contributed by atoms with Crippen LogP contribution < -0.4 is 5.32 Å². The van der Waals surface area contributed by atoms with E-state index in [1.807, 2.05) is 65.0 Å². The summed E-state index contributed by atoms with van der Waals surface area (Å²) in [6, 6.07) is 9.46. The molecule has 0 aromatic heterocycles. The van der Waals surface area contributed by atoms with Crippen molar-refractivity contribution in [3.63, 3.8) is 0 Å². The second-order valence-electron chi connectivity index (χ2n) is 11.3. The summed E-state index contributed by atoms with van der Waals surface area (Å²) in [5.74, 6) is 0.0745. The lowest BCUT2D eigenvalue weighted by molar-refractivity contribution is -0.135. The second-order valence-corrected chi connectivity index (χ2v) is 13.6. The molecule has 0 saturated heterocycles. The lowest BCUT2D eigenvalue weighted by Gasteiger charge is -2.34. The van der Waals surface area contributed by atoms with Crippen molar-refractivity contribution >= 4 is 21.8 Å². The third-order valence-electron chi connectivity index (χ3n) is 6.34. The van der Waals surface area contributed by atoms with Gasteiger partial charge in [0.1, 0.15) is 0 Å². The summed E-state index contributed by atoms with van der Waals surface area (Å²) in [6.07, 6.45) is 2.24. The number of carbonyl (C=O) groups excluding carboxylic acids is 2. The van der Waals surface area contributed by atoms with Crippen molar-refractivity contribution in [3.8, 4) is 0 Å². The predicted molar refractivity (Wildman–Crippen MR) is 155 cm³/mol. The highest BCUT2D eigenvalue weighted by atomic mass is 32.2. The van der Waals surface area contributed by atoms with Crippen LogP contribution in [0.25, 0.3) is 0 Å². The first-order valence-corrected chi connectivity index (χ1v) is 14.5. The summed E-state index contributed by atoms with van der Waals surface area (Å²) in [5.41, 5.74) is 0.675. The zero-order valence-corrected chi connectivity index (χ0v) is 25.9. The molecule has 1 rings (SSSR count). The molecule has 0 aliphatic rings. The Bertz CT molecular complexity index is 981. The van der Waals surface area contributed by atoms with Gasteiger partial charge in [-0.15, -0.1) is 0 Å². The molecule has 0 heterocycles. The number of allylic oxidation sites excluding steroid dienone is 1. The third kappa shape index (κ3) is 10.6. The normalized spacial score (nSPS) is 14.2. The number of sulfonamides is 1. The standard InChI is InChI=1S/C25H41N3O4S.C4H10/c1-10-21(25(5,6)20-14-12-11-13-15-20)24(30)26-17-23(29)28(9)22(18(2)3)16-19(4)33(31,32)27(7)8;1-4(2)3/h11-16,18,21-22H,10,17H2,1-9H3,(H,26,30);4H,1-3H3/b19-16+;/t21-,22-;/m1./s1. The molecule has 7 nitrogen and oxygen atoms in total. The van der Waals surface area contributed by atoms with Crippen molar-refractivity contribution < 1.29 is 18.0 Å². The van der Waals surface area contributed by atoms with Crippen molar-refractivity contribution in [2.45, 2.75) is 80.2 Å². The molecular weight excluding hydrogens is 486 g/mol. The first kappa shape index (κ1) is 34.8. The maximum absolute atomic E-state index is 13.0. The highest BCUT2D eigenvalue weighted by Gasteiger charge is 2.35. The fourth-order valence-electron chi connectivity index (χ4n) is 4.04. The Kier molecular flexibility index (Phi) is 14.4. The minimum Gasteiger partial charge on any atom is -0.347 e. The van der Waals surface area contributed by atoms with E-state index in [1.165, 1.54) is 25.9 Å². The van der Waals surface area contributed by atoms with Crippen molar-refractivity contribution in [1.29, 1.82) is 0 Å². The van der Waals surface area contributed by atoms with E-state index in [0.29, 0.717) is 6.42 Å². The van der Waals surface area contributed by atoms with E-state index in [4.69, 9.17) is 0 Å². The SMILES string of the molecule is CC(C)C.CC[C@H](C(=O)NCC(=O)N(C)[C@H](/C=C(\C)S(=O)(=O)N(C)C)C(C)C)C(C)(C)c1ccccc1. The molecule has 0 aliphatic carbocycles. The molecule has 0 radical (unpaired) electrons. The molecular formula is C29H51N3O4S. The Morgan fingerprint density at radius 1 is 1.00 bits per heavy atom. The minimum atomic E-state index is -3.56. The van der Waals surface area contributed by atoms with Crippen molar-refractivity contribution in [2.24, 2.45) is 17.8 Å².